The summed E-state index contributed by atoms with van der Waals surface area (Å²) in [5.41, 5.74) is 4.70. The molecule has 1 nitrogen and oxygen atoms in total. The van der Waals surface area contributed by atoms with Crippen LogP contribution in [0.1, 0.15) is 127 Å². The second-order valence-corrected chi connectivity index (χ2v) is 11.9. The monoisotopic (exact) mass is 472 g/mol. The predicted molar refractivity (Wildman–Crippen MR) is 153 cm³/mol. The first kappa shape index (κ1) is 31.2. The van der Waals surface area contributed by atoms with Crippen LogP contribution in [0.25, 0.3) is 0 Å². The summed E-state index contributed by atoms with van der Waals surface area (Å²) in [4.78, 5) is 0. The fraction of sp³-hybridized carbons (Fsp3) is 0.818. The van der Waals surface area contributed by atoms with Crippen molar-refractivity contribution in [1.82, 2.24) is 0 Å². The highest BCUT2D eigenvalue weighted by Crippen LogP contribution is 2.70. The molecule has 0 spiro atoms. The van der Waals surface area contributed by atoms with Gasteiger partial charge in [-0.05, 0) is 78.6 Å². The van der Waals surface area contributed by atoms with Crippen molar-refractivity contribution in [3.05, 3.63) is 35.5 Å². The van der Waals surface area contributed by atoms with Crippen LogP contribution in [0, 0.1) is 39.9 Å². The molecule has 0 unspecified atom stereocenters. The van der Waals surface area contributed by atoms with Gasteiger partial charge in [-0.3, -0.25) is 0 Å². The van der Waals surface area contributed by atoms with Crippen molar-refractivity contribution in [2.45, 2.75) is 127 Å². The van der Waals surface area contributed by atoms with Gasteiger partial charge >= 0.3 is 0 Å². The lowest BCUT2D eigenvalue weighted by Gasteiger charge is -2.60. The lowest BCUT2D eigenvalue weighted by molar-refractivity contribution is 0.00484. The van der Waals surface area contributed by atoms with E-state index in [2.05, 4.69) is 65.8 Å². The third kappa shape index (κ3) is 5.61. The minimum Gasteiger partial charge on any atom is -0.400 e. The quantitative estimate of drug-likeness (QED) is 0.422. The van der Waals surface area contributed by atoms with Gasteiger partial charge in [0.1, 0.15) is 0 Å². The highest BCUT2D eigenvalue weighted by Gasteiger charge is 2.60. The highest BCUT2D eigenvalue weighted by atomic mass is 16.2. The molecule has 0 aromatic carbocycles. The molecule has 0 bridgehead atoms. The number of hydrogen-bond donors (Lipinski definition) is 1. The Morgan fingerprint density at radius 3 is 2.12 bits per heavy atom. The third-order valence-corrected chi connectivity index (χ3v) is 10.1. The molecule has 1 N–H and O–H groups in total. The van der Waals surface area contributed by atoms with Crippen LogP contribution < -0.4 is 0 Å². The lowest BCUT2D eigenvalue weighted by atomic mass is 9.44. The molecule has 198 valence electrons. The van der Waals surface area contributed by atoms with Crippen LogP contribution in [0.5, 0.6) is 0 Å². The first-order valence-corrected chi connectivity index (χ1v) is 14.8. The molecule has 0 aromatic heterocycles. The zero-order valence-electron chi connectivity index (χ0n) is 24.9. The van der Waals surface area contributed by atoms with E-state index in [1.165, 1.54) is 57.8 Å². The Kier molecular flexibility index (Phi) is 12.4. The minimum absolute atomic E-state index is 0.355. The Morgan fingerprint density at radius 1 is 0.853 bits per heavy atom. The van der Waals surface area contributed by atoms with E-state index in [0.717, 1.165) is 30.8 Å². The summed E-state index contributed by atoms with van der Waals surface area (Å²) in [5.74, 6) is 3.50. The number of rotatable bonds is 5. The van der Waals surface area contributed by atoms with Gasteiger partial charge in [-0.15, -0.1) is 0 Å². The zero-order chi connectivity index (χ0) is 26.2. The Hall–Kier alpha value is -0.820. The maximum absolute atomic E-state index is 7.00. The van der Waals surface area contributed by atoms with Gasteiger partial charge in [-0.2, -0.15) is 0 Å². The molecule has 4 aliphatic rings. The van der Waals surface area contributed by atoms with Crippen molar-refractivity contribution < 1.29 is 5.11 Å². The number of aliphatic hydroxyl groups is 1. The molecule has 34 heavy (non-hydrogen) atoms. The number of fused-ring (bicyclic) bond motifs is 5. The van der Waals surface area contributed by atoms with E-state index in [0.29, 0.717) is 16.2 Å². The van der Waals surface area contributed by atoms with Gasteiger partial charge in [0, 0.05) is 12.5 Å². The van der Waals surface area contributed by atoms with Gasteiger partial charge < -0.3 is 5.11 Å². The van der Waals surface area contributed by atoms with Crippen LogP contribution in [-0.2, 0) is 0 Å². The van der Waals surface area contributed by atoms with Crippen LogP contribution in [-0.4, -0.2) is 12.2 Å². The van der Waals surface area contributed by atoms with Gasteiger partial charge in [-0.1, -0.05) is 118 Å². The summed E-state index contributed by atoms with van der Waals surface area (Å²) in [5, 5.41) is 7.00. The van der Waals surface area contributed by atoms with Crippen LogP contribution in [0.2, 0.25) is 0 Å². The molecule has 0 saturated heterocycles. The van der Waals surface area contributed by atoms with Gasteiger partial charge in [-0.25, -0.2) is 0 Å². The molecule has 4 rings (SSSR count). The molecule has 0 radical (unpaired) electrons. The van der Waals surface area contributed by atoms with E-state index in [9.17, 15) is 0 Å². The molecule has 4 aliphatic carbocycles. The van der Waals surface area contributed by atoms with E-state index in [-0.39, 0.29) is 0 Å². The van der Waals surface area contributed by atoms with Crippen LogP contribution in [0.3, 0.4) is 0 Å². The SMILES string of the molecule is CC.CC.CC(C)CCC[C@@H](C)[C@H]1CC[C@H]2C3=CC=C4C=CCC[C@]4(C)[C@@]3(C)CC[C@]12C.CO. The van der Waals surface area contributed by atoms with Crippen molar-refractivity contribution in [3.63, 3.8) is 0 Å². The second kappa shape index (κ2) is 13.5. The third-order valence-electron chi connectivity index (χ3n) is 10.1. The summed E-state index contributed by atoms with van der Waals surface area (Å²) < 4.78 is 0. The average Bonchev–Trinajstić information content (AvgIpc) is 3.20. The number of allylic oxidation sites excluding steroid dienone is 6. The van der Waals surface area contributed by atoms with Crippen LogP contribution in [0.4, 0.5) is 0 Å². The van der Waals surface area contributed by atoms with Crippen LogP contribution in [0.15, 0.2) is 35.5 Å². The molecule has 0 aromatic rings. The van der Waals surface area contributed by atoms with Crippen LogP contribution >= 0.6 is 0 Å². The topological polar surface area (TPSA) is 20.2 Å². The maximum Gasteiger partial charge on any atom is 0.0319 e. The molecule has 0 amide bonds. The van der Waals surface area contributed by atoms with Gasteiger partial charge in [0.2, 0.25) is 0 Å². The molecule has 0 heterocycles. The Labute approximate surface area is 214 Å². The summed E-state index contributed by atoms with van der Waals surface area (Å²) in [6, 6.07) is 0. The number of hydrogen-bond acceptors (Lipinski definition) is 1. The van der Waals surface area contributed by atoms with Crippen molar-refractivity contribution in [2.75, 3.05) is 7.11 Å². The standard InChI is InChI=1S/C28H44.2C2H6.CH4O/c1-20(2)10-9-11-21(3)23-15-16-24-25-14-13-22-12-7-8-17-27(22,5)28(25,6)19-18-26(23,24)4;3*1-2/h7,12-14,20-21,23-24H,8-11,15-19H2,1-6H3;2*1-2H3;2H,1H3/t21-,23-,24+,26-,27+,28+;;;/m1.../s1. The summed E-state index contributed by atoms with van der Waals surface area (Å²) in [6.07, 6.45) is 22.5. The maximum atomic E-state index is 7.00. The lowest BCUT2D eigenvalue weighted by Crippen LogP contribution is -2.51. The van der Waals surface area contributed by atoms with Gasteiger partial charge in [0.15, 0.2) is 0 Å². The predicted octanol–water partition coefficient (Wildman–Crippen LogP) is 10.2. The highest BCUT2D eigenvalue weighted by molar-refractivity contribution is 5.46. The first-order chi connectivity index (χ1) is 16.2. The van der Waals surface area contributed by atoms with E-state index < -0.39 is 0 Å². The minimum atomic E-state index is 0.355. The molecule has 1 heteroatoms. The van der Waals surface area contributed by atoms with Gasteiger partial charge in [0.25, 0.3) is 0 Å². The van der Waals surface area contributed by atoms with E-state index in [1.807, 2.05) is 33.3 Å². The Balaban J connectivity index is 0.000000894. The molecule has 0 aliphatic heterocycles. The van der Waals surface area contributed by atoms with Crippen molar-refractivity contribution in [2.24, 2.45) is 39.9 Å². The fourth-order valence-electron chi connectivity index (χ4n) is 7.99. The molecule has 6 atom stereocenters. The summed E-state index contributed by atoms with van der Waals surface area (Å²) >= 11 is 0. The van der Waals surface area contributed by atoms with Gasteiger partial charge in [0.05, 0.1) is 0 Å². The largest absolute Gasteiger partial charge is 0.400 e. The van der Waals surface area contributed by atoms with Crippen molar-refractivity contribution >= 4 is 0 Å². The zero-order valence-corrected chi connectivity index (χ0v) is 24.9. The molecular weight excluding hydrogens is 412 g/mol. The normalized spacial score (nSPS) is 36.0. The number of aliphatic hydroxyl groups excluding tert-OH is 1. The Bertz CT molecular complexity index is 697. The van der Waals surface area contributed by atoms with E-state index in [1.54, 1.807) is 5.57 Å². The molecular formula is C33H60O. The van der Waals surface area contributed by atoms with Crippen molar-refractivity contribution in [1.29, 1.82) is 0 Å². The van der Waals surface area contributed by atoms with Crippen molar-refractivity contribution in [3.8, 4) is 0 Å². The second-order valence-electron chi connectivity index (χ2n) is 11.9. The van der Waals surface area contributed by atoms with E-state index >= 15 is 0 Å². The molecule has 2 fully saturated rings. The first-order valence-electron chi connectivity index (χ1n) is 14.8. The average molecular weight is 473 g/mol. The molecule has 2 saturated carbocycles. The summed E-state index contributed by atoms with van der Waals surface area (Å²) in [6.45, 7) is 23.2. The van der Waals surface area contributed by atoms with E-state index in [4.69, 9.17) is 5.11 Å². The smallest absolute Gasteiger partial charge is 0.0319 e. The summed E-state index contributed by atoms with van der Waals surface area (Å²) in [7, 11) is 1.00. The fourth-order valence-corrected chi connectivity index (χ4v) is 7.99. The Morgan fingerprint density at radius 2 is 1.50 bits per heavy atom.